The van der Waals surface area contributed by atoms with Crippen LogP contribution in [0.1, 0.15) is 19.8 Å². The number of benzene rings is 3. The van der Waals surface area contributed by atoms with Gasteiger partial charge in [0.2, 0.25) is 0 Å². The monoisotopic (exact) mass is 350 g/mol. The van der Waals surface area contributed by atoms with Crippen LogP contribution in [0.5, 0.6) is 0 Å². The SMILES string of the molecule is CCCC(=O)[O-].c1ccc([S+](c2ccccc2)c2ccccc2)cc1. The summed E-state index contributed by atoms with van der Waals surface area (Å²) < 4.78 is 0. The van der Waals surface area contributed by atoms with Gasteiger partial charge in [0.05, 0.1) is 10.9 Å². The lowest BCUT2D eigenvalue weighted by Gasteiger charge is -2.07. The quantitative estimate of drug-likeness (QED) is 0.643. The average Bonchev–Trinajstić information content (AvgIpc) is 2.65. The van der Waals surface area contributed by atoms with E-state index in [2.05, 4.69) is 91.0 Å². The van der Waals surface area contributed by atoms with Crippen LogP contribution in [0.15, 0.2) is 106 Å². The molecule has 0 saturated heterocycles. The maximum Gasteiger partial charge on any atom is 0.166 e. The molecule has 25 heavy (non-hydrogen) atoms. The van der Waals surface area contributed by atoms with Gasteiger partial charge in [0.1, 0.15) is 0 Å². The maximum atomic E-state index is 9.49. The highest BCUT2D eigenvalue weighted by molar-refractivity contribution is 7.97. The maximum absolute atomic E-state index is 9.49. The van der Waals surface area contributed by atoms with Gasteiger partial charge >= 0.3 is 0 Å². The molecule has 0 aliphatic rings. The van der Waals surface area contributed by atoms with Crippen molar-refractivity contribution in [2.45, 2.75) is 34.5 Å². The van der Waals surface area contributed by atoms with Gasteiger partial charge in [-0.25, -0.2) is 0 Å². The fourth-order valence-corrected chi connectivity index (χ4v) is 4.39. The molecular weight excluding hydrogens is 328 g/mol. The number of carboxylic acid groups (broad SMARTS) is 1. The van der Waals surface area contributed by atoms with Crippen molar-refractivity contribution in [3.63, 3.8) is 0 Å². The van der Waals surface area contributed by atoms with E-state index in [0.29, 0.717) is 6.42 Å². The molecule has 3 heteroatoms. The van der Waals surface area contributed by atoms with E-state index in [1.54, 1.807) is 6.92 Å². The number of carbonyl (C=O) groups is 1. The summed E-state index contributed by atoms with van der Waals surface area (Å²) in [6.07, 6.45) is 0.850. The van der Waals surface area contributed by atoms with Gasteiger partial charge in [-0.05, 0) is 42.8 Å². The molecule has 128 valence electrons. The molecule has 3 rings (SSSR count). The van der Waals surface area contributed by atoms with Crippen molar-refractivity contribution >= 4 is 16.9 Å². The molecule has 0 aromatic heterocycles. The van der Waals surface area contributed by atoms with Gasteiger partial charge in [-0.1, -0.05) is 67.9 Å². The van der Waals surface area contributed by atoms with Crippen LogP contribution in [0.25, 0.3) is 0 Å². The number of carbonyl (C=O) groups excluding carboxylic acids is 1. The second-order valence-corrected chi connectivity index (χ2v) is 7.39. The van der Waals surface area contributed by atoms with Gasteiger partial charge in [0.25, 0.3) is 0 Å². The normalized spacial score (nSPS) is 10.0. The summed E-state index contributed by atoms with van der Waals surface area (Å²) in [6.45, 7) is 1.80. The molecule has 0 unspecified atom stereocenters. The van der Waals surface area contributed by atoms with E-state index >= 15 is 0 Å². The van der Waals surface area contributed by atoms with Crippen LogP contribution in [-0.4, -0.2) is 5.97 Å². The summed E-state index contributed by atoms with van der Waals surface area (Å²) in [7, 11) is -0.0146. The number of rotatable bonds is 5. The number of hydrogen-bond acceptors (Lipinski definition) is 2. The van der Waals surface area contributed by atoms with Gasteiger partial charge < -0.3 is 9.90 Å². The van der Waals surface area contributed by atoms with Crippen LogP contribution >= 0.6 is 0 Å². The van der Waals surface area contributed by atoms with Crippen molar-refractivity contribution in [2.24, 2.45) is 0 Å². The van der Waals surface area contributed by atoms with Crippen LogP contribution in [0, 0.1) is 0 Å². The minimum atomic E-state index is -0.961. The Morgan fingerprint density at radius 2 is 1.04 bits per heavy atom. The molecule has 0 spiro atoms. The Labute approximate surface area is 152 Å². The molecule has 0 aliphatic carbocycles. The predicted molar refractivity (Wildman–Crippen MR) is 101 cm³/mol. The first kappa shape index (κ1) is 18.8. The Morgan fingerprint density at radius 1 is 0.720 bits per heavy atom. The first-order valence-corrected chi connectivity index (χ1v) is 9.54. The molecule has 0 heterocycles. The molecule has 2 nitrogen and oxygen atoms in total. The first-order chi connectivity index (χ1) is 12.2. The molecule has 0 radical (unpaired) electrons. The van der Waals surface area contributed by atoms with E-state index in [1.165, 1.54) is 14.7 Å². The highest BCUT2D eigenvalue weighted by Crippen LogP contribution is 2.30. The predicted octanol–water partition coefficient (Wildman–Crippen LogP) is 4.32. The van der Waals surface area contributed by atoms with Crippen molar-refractivity contribution in [1.82, 2.24) is 0 Å². The van der Waals surface area contributed by atoms with Crippen molar-refractivity contribution in [3.8, 4) is 0 Å². The minimum Gasteiger partial charge on any atom is -0.550 e. The van der Waals surface area contributed by atoms with Gasteiger partial charge in [0.15, 0.2) is 14.7 Å². The topological polar surface area (TPSA) is 40.1 Å². The molecular formula is C22H22O2S. The van der Waals surface area contributed by atoms with Crippen molar-refractivity contribution in [3.05, 3.63) is 91.0 Å². The van der Waals surface area contributed by atoms with Gasteiger partial charge in [0, 0.05) is 5.97 Å². The zero-order chi connectivity index (χ0) is 17.9. The molecule has 0 bridgehead atoms. The van der Waals surface area contributed by atoms with E-state index in [-0.39, 0.29) is 17.3 Å². The summed E-state index contributed by atoms with van der Waals surface area (Å²) in [6, 6.07) is 32.2. The lowest BCUT2D eigenvalue weighted by Crippen LogP contribution is -2.20. The Morgan fingerprint density at radius 3 is 1.24 bits per heavy atom. The van der Waals surface area contributed by atoms with Crippen LogP contribution in [0.4, 0.5) is 0 Å². The van der Waals surface area contributed by atoms with E-state index in [0.717, 1.165) is 0 Å². The van der Waals surface area contributed by atoms with E-state index < -0.39 is 5.97 Å². The number of aliphatic carboxylic acids is 1. The summed E-state index contributed by atoms with van der Waals surface area (Å²) in [5.41, 5.74) is 0. The second-order valence-electron chi connectivity index (χ2n) is 5.37. The van der Waals surface area contributed by atoms with Crippen LogP contribution in [0.2, 0.25) is 0 Å². The molecule has 0 aliphatic heterocycles. The summed E-state index contributed by atoms with van der Waals surface area (Å²) >= 11 is 0. The van der Waals surface area contributed by atoms with Gasteiger partial charge in [-0.2, -0.15) is 0 Å². The number of carboxylic acids is 1. The third-order valence-corrected chi connectivity index (χ3v) is 5.62. The molecule has 0 atom stereocenters. The molecule has 0 fully saturated rings. The number of hydrogen-bond donors (Lipinski definition) is 0. The van der Waals surface area contributed by atoms with Gasteiger partial charge in [-0.15, -0.1) is 0 Å². The Kier molecular flexibility index (Phi) is 7.80. The van der Waals surface area contributed by atoms with E-state index in [1.807, 2.05) is 0 Å². The third kappa shape index (κ3) is 6.12. The van der Waals surface area contributed by atoms with Crippen LogP contribution in [-0.2, 0) is 15.7 Å². The highest BCUT2D eigenvalue weighted by atomic mass is 32.2. The largest absolute Gasteiger partial charge is 0.550 e. The zero-order valence-corrected chi connectivity index (χ0v) is 15.1. The van der Waals surface area contributed by atoms with Crippen LogP contribution in [0.3, 0.4) is 0 Å². The lowest BCUT2D eigenvalue weighted by atomic mass is 10.4. The first-order valence-electron chi connectivity index (χ1n) is 8.31. The van der Waals surface area contributed by atoms with Crippen molar-refractivity contribution in [2.75, 3.05) is 0 Å². The van der Waals surface area contributed by atoms with Crippen molar-refractivity contribution < 1.29 is 9.90 Å². The Hall–Kier alpha value is -2.52. The average molecular weight is 350 g/mol. The standard InChI is InChI=1S/C18H15S.C4H8O2/c1-4-10-16(11-5-1)19(17-12-6-2-7-13-17)18-14-8-3-9-15-18;1-2-3-4(5)6/h1-15H;2-3H2,1H3,(H,5,6)/q+1;/p-1. The van der Waals surface area contributed by atoms with E-state index in [9.17, 15) is 9.90 Å². The molecule has 3 aromatic rings. The molecule has 0 saturated carbocycles. The Balaban J connectivity index is 0.000000326. The second kappa shape index (κ2) is 10.4. The highest BCUT2D eigenvalue weighted by Gasteiger charge is 2.27. The fourth-order valence-electron chi connectivity index (χ4n) is 2.28. The zero-order valence-electron chi connectivity index (χ0n) is 14.3. The third-order valence-electron chi connectivity index (χ3n) is 3.39. The molecule has 0 N–H and O–H groups in total. The van der Waals surface area contributed by atoms with Gasteiger partial charge in [-0.3, -0.25) is 0 Å². The lowest BCUT2D eigenvalue weighted by molar-refractivity contribution is -0.305. The summed E-state index contributed by atoms with van der Waals surface area (Å²) in [5, 5.41) is 9.49. The van der Waals surface area contributed by atoms with E-state index in [4.69, 9.17) is 0 Å². The molecule has 3 aromatic carbocycles. The smallest absolute Gasteiger partial charge is 0.166 e. The fraction of sp³-hybridized carbons (Fsp3) is 0.136. The van der Waals surface area contributed by atoms with Crippen LogP contribution < -0.4 is 5.11 Å². The minimum absolute atomic E-state index is 0.0146. The summed E-state index contributed by atoms with van der Waals surface area (Å²) in [5.74, 6) is -0.961. The summed E-state index contributed by atoms with van der Waals surface area (Å²) in [4.78, 5) is 13.6. The Bertz CT molecular complexity index is 649. The van der Waals surface area contributed by atoms with Crippen molar-refractivity contribution in [1.29, 1.82) is 0 Å². The molecule has 0 amide bonds.